The van der Waals surface area contributed by atoms with Gasteiger partial charge in [-0.15, -0.1) is 11.3 Å². The van der Waals surface area contributed by atoms with Gasteiger partial charge in [-0.1, -0.05) is 12.1 Å². The van der Waals surface area contributed by atoms with E-state index in [2.05, 4.69) is 21.7 Å². The number of aryl methyl sites for hydroxylation is 1. The number of aliphatic hydroxyl groups is 1. The summed E-state index contributed by atoms with van der Waals surface area (Å²) < 4.78 is 1.21. The first-order chi connectivity index (χ1) is 10.2. The lowest BCUT2D eigenvalue weighted by Crippen LogP contribution is -2.40. The summed E-state index contributed by atoms with van der Waals surface area (Å²) in [5.74, 6) is -0.0177. The summed E-state index contributed by atoms with van der Waals surface area (Å²) in [6, 6.07) is 7.87. The van der Waals surface area contributed by atoms with Gasteiger partial charge >= 0.3 is 0 Å². The Hall–Kier alpha value is -1.50. The predicted molar refractivity (Wildman–Crippen MR) is 83.4 cm³/mol. The summed E-state index contributed by atoms with van der Waals surface area (Å²) in [4.78, 5) is 16.4. The van der Waals surface area contributed by atoms with Crippen LogP contribution in [0.3, 0.4) is 0 Å². The molecule has 1 aliphatic heterocycles. The third kappa shape index (κ3) is 3.58. The van der Waals surface area contributed by atoms with E-state index < -0.39 is 6.10 Å². The van der Waals surface area contributed by atoms with Crippen molar-refractivity contribution in [3.63, 3.8) is 0 Å². The van der Waals surface area contributed by atoms with Gasteiger partial charge in [0.15, 0.2) is 0 Å². The highest BCUT2D eigenvalue weighted by molar-refractivity contribution is 7.18. The van der Waals surface area contributed by atoms with Gasteiger partial charge in [-0.2, -0.15) is 0 Å². The minimum absolute atomic E-state index is 0.0177. The van der Waals surface area contributed by atoms with E-state index >= 15 is 0 Å². The summed E-state index contributed by atoms with van der Waals surface area (Å²) in [6.45, 7) is 1.15. The van der Waals surface area contributed by atoms with Crippen LogP contribution >= 0.6 is 11.3 Å². The Bertz CT molecular complexity index is 595. The molecule has 1 aromatic carbocycles. The second-order valence-electron chi connectivity index (χ2n) is 5.32. The molecular formula is C15H19N3O2S. The van der Waals surface area contributed by atoms with Gasteiger partial charge in [-0.25, -0.2) is 4.98 Å². The molecule has 1 amide bonds. The number of nitrogens with zero attached hydrogens (tertiary/aromatic N) is 1. The Morgan fingerprint density at radius 2 is 2.33 bits per heavy atom. The van der Waals surface area contributed by atoms with Crippen molar-refractivity contribution >= 4 is 27.5 Å². The molecule has 3 N–H and O–H groups in total. The molecule has 1 aliphatic rings. The maximum Gasteiger partial charge on any atom is 0.237 e. The number of hydrogen-bond acceptors (Lipinski definition) is 5. The topological polar surface area (TPSA) is 74.2 Å². The van der Waals surface area contributed by atoms with E-state index in [0.29, 0.717) is 19.5 Å². The SMILES string of the molecule is O=C(NCCCc1nc2ccccc2s1)C1CC(O)CN1. The molecule has 5 nitrogen and oxygen atoms in total. The van der Waals surface area contributed by atoms with Crippen molar-refractivity contribution in [2.24, 2.45) is 0 Å². The quantitative estimate of drug-likeness (QED) is 0.722. The van der Waals surface area contributed by atoms with E-state index in [0.717, 1.165) is 23.4 Å². The highest BCUT2D eigenvalue weighted by Gasteiger charge is 2.27. The Kier molecular flexibility index (Phi) is 4.48. The molecule has 0 aliphatic carbocycles. The summed E-state index contributed by atoms with van der Waals surface area (Å²) in [5, 5.41) is 16.4. The smallest absolute Gasteiger partial charge is 0.237 e. The number of benzene rings is 1. The van der Waals surface area contributed by atoms with Gasteiger partial charge in [0.1, 0.15) is 0 Å². The van der Waals surface area contributed by atoms with E-state index in [1.165, 1.54) is 4.70 Å². The Morgan fingerprint density at radius 1 is 1.48 bits per heavy atom. The molecule has 0 spiro atoms. The minimum Gasteiger partial charge on any atom is -0.392 e. The molecule has 1 fully saturated rings. The van der Waals surface area contributed by atoms with Crippen LogP contribution in [0.15, 0.2) is 24.3 Å². The number of aromatic nitrogens is 1. The molecule has 3 rings (SSSR count). The lowest BCUT2D eigenvalue weighted by Gasteiger charge is -2.10. The van der Waals surface area contributed by atoms with Crippen molar-refractivity contribution in [2.75, 3.05) is 13.1 Å². The highest BCUT2D eigenvalue weighted by Crippen LogP contribution is 2.22. The standard InChI is InChI=1S/C15H19N3O2S/c19-10-8-12(17-9-10)15(20)16-7-3-6-14-18-11-4-1-2-5-13(11)21-14/h1-2,4-5,10,12,17,19H,3,6-9H2,(H,16,20). The molecule has 2 unspecified atom stereocenters. The van der Waals surface area contributed by atoms with Gasteiger partial charge in [0, 0.05) is 19.5 Å². The first kappa shape index (κ1) is 14.4. The molecule has 0 bridgehead atoms. The van der Waals surface area contributed by atoms with Gasteiger partial charge < -0.3 is 15.7 Å². The monoisotopic (exact) mass is 305 g/mol. The van der Waals surface area contributed by atoms with Gasteiger partial charge in [-0.05, 0) is 25.0 Å². The summed E-state index contributed by atoms with van der Waals surface area (Å²) in [5.41, 5.74) is 1.05. The number of carbonyl (C=O) groups excluding carboxylic acids is 1. The molecule has 21 heavy (non-hydrogen) atoms. The number of carbonyl (C=O) groups is 1. The lowest BCUT2D eigenvalue weighted by molar-refractivity contribution is -0.122. The number of fused-ring (bicyclic) bond motifs is 1. The second kappa shape index (κ2) is 6.51. The maximum atomic E-state index is 11.8. The van der Waals surface area contributed by atoms with E-state index in [-0.39, 0.29) is 11.9 Å². The highest BCUT2D eigenvalue weighted by atomic mass is 32.1. The third-order valence-electron chi connectivity index (χ3n) is 3.63. The van der Waals surface area contributed by atoms with Crippen LogP contribution in [0.5, 0.6) is 0 Å². The van der Waals surface area contributed by atoms with Gasteiger partial charge in [0.05, 0.1) is 27.4 Å². The second-order valence-corrected chi connectivity index (χ2v) is 6.44. The lowest BCUT2D eigenvalue weighted by atomic mass is 10.2. The van der Waals surface area contributed by atoms with Crippen LogP contribution in [0.1, 0.15) is 17.8 Å². The van der Waals surface area contributed by atoms with Gasteiger partial charge in [-0.3, -0.25) is 4.79 Å². The molecular weight excluding hydrogens is 286 g/mol. The zero-order valence-corrected chi connectivity index (χ0v) is 12.5. The molecule has 2 aromatic rings. The fraction of sp³-hybridized carbons (Fsp3) is 0.467. The Morgan fingerprint density at radius 3 is 3.10 bits per heavy atom. The van der Waals surface area contributed by atoms with Crippen LogP contribution in [-0.2, 0) is 11.2 Å². The zero-order valence-electron chi connectivity index (χ0n) is 11.7. The number of rotatable bonds is 5. The van der Waals surface area contributed by atoms with Crippen LogP contribution in [0, 0.1) is 0 Å². The normalized spacial score (nSPS) is 21.8. The average molecular weight is 305 g/mol. The largest absolute Gasteiger partial charge is 0.392 e. The van der Waals surface area contributed by atoms with Crippen LogP contribution in [0.2, 0.25) is 0 Å². The van der Waals surface area contributed by atoms with Crippen molar-refractivity contribution in [2.45, 2.75) is 31.4 Å². The molecule has 2 atom stereocenters. The fourth-order valence-corrected chi connectivity index (χ4v) is 3.53. The van der Waals surface area contributed by atoms with E-state index in [9.17, 15) is 9.90 Å². The number of thiazole rings is 1. The van der Waals surface area contributed by atoms with Crippen molar-refractivity contribution in [3.05, 3.63) is 29.3 Å². The van der Waals surface area contributed by atoms with Crippen molar-refractivity contribution < 1.29 is 9.90 Å². The number of hydrogen-bond donors (Lipinski definition) is 3. The van der Waals surface area contributed by atoms with Crippen LogP contribution in [0.25, 0.3) is 10.2 Å². The molecule has 112 valence electrons. The van der Waals surface area contributed by atoms with Gasteiger partial charge in [0.2, 0.25) is 5.91 Å². The van der Waals surface area contributed by atoms with Crippen molar-refractivity contribution in [3.8, 4) is 0 Å². The molecule has 0 saturated carbocycles. The van der Waals surface area contributed by atoms with Crippen molar-refractivity contribution in [1.82, 2.24) is 15.6 Å². The molecule has 2 heterocycles. The molecule has 1 saturated heterocycles. The summed E-state index contributed by atoms with van der Waals surface area (Å²) >= 11 is 1.71. The van der Waals surface area contributed by atoms with Crippen molar-refractivity contribution in [1.29, 1.82) is 0 Å². The first-order valence-electron chi connectivity index (χ1n) is 7.26. The predicted octanol–water partition coefficient (Wildman–Crippen LogP) is 1.07. The fourth-order valence-electron chi connectivity index (χ4n) is 2.52. The molecule has 0 radical (unpaired) electrons. The number of aliphatic hydroxyl groups excluding tert-OH is 1. The first-order valence-corrected chi connectivity index (χ1v) is 8.07. The van der Waals surface area contributed by atoms with Crippen LogP contribution in [0.4, 0.5) is 0 Å². The Labute approximate surface area is 127 Å². The van der Waals surface area contributed by atoms with Crippen LogP contribution < -0.4 is 10.6 Å². The Balaban J connectivity index is 1.42. The van der Waals surface area contributed by atoms with E-state index in [4.69, 9.17) is 0 Å². The zero-order chi connectivity index (χ0) is 14.7. The molecule has 6 heteroatoms. The average Bonchev–Trinajstić information content (AvgIpc) is 3.09. The summed E-state index contributed by atoms with van der Waals surface area (Å²) in [6.07, 6.45) is 1.86. The number of amides is 1. The van der Waals surface area contributed by atoms with E-state index in [1.807, 2.05) is 18.2 Å². The van der Waals surface area contributed by atoms with Gasteiger partial charge in [0.25, 0.3) is 0 Å². The third-order valence-corrected chi connectivity index (χ3v) is 4.73. The molecule has 1 aromatic heterocycles. The maximum absolute atomic E-state index is 11.8. The van der Waals surface area contributed by atoms with E-state index in [1.54, 1.807) is 11.3 Å². The number of nitrogens with one attached hydrogen (secondary N) is 2. The van der Waals surface area contributed by atoms with Crippen LogP contribution in [-0.4, -0.2) is 41.2 Å². The minimum atomic E-state index is -0.400. The number of β-amino-alcohol motifs (C(OH)–C–C–N with tert-alkyl or cyclic N) is 1. The number of para-hydroxylation sites is 1. The summed E-state index contributed by atoms with van der Waals surface area (Å²) in [7, 11) is 0.